The lowest BCUT2D eigenvalue weighted by molar-refractivity contribution is -0.142. The number of piperidine rings is 1. The summed E-state index contributed by atoms with van der Waals surface area (Å²) in [5.74, 6) is 0.583. The van der Waals surface area contributed by atoms with Crippen molar-refractivity contribution in [2.75, 3.05) is 19.7 Å². The van der Waals surface area contributed by atoms with Crippen molar-refractivity contribution in [2.24, 2.45) is 5.41 Å². The van der Waals surface area contributed by atoms with Crippen LogP contribution in [0.25, 0.3) is 0 Å². The Bertz CT molecular complexity index is 764. The molecule has 0 spiro atoms. The van der Waals surface area contributed by atoms with Gasteiger partial charge in [-0.15, -0.1) is 0 Å². The number of nitrogens with one attached hydrogen (secondary N) is 1. The van der Waals surface area contributed by atoms with Gasteiger partial charge in [0.25, 0.3) is 5.91 Å². The topological polar surface area (TPSA) is 58.6 Å². The van der Waals surface area contributed by atoms with Crippen LogP contribution in [0.5, 0.6) is 5.75 Å². The zero-order valence-electron chi connectivity index (χ0n) is 15.7. The average molecular weight is 366 g/mol. The molecule has 3 rings (SSSR count). The molecule has 2 aromatic carbocycles. The Hall–Kier alpha value is -2.82. The molecule has 1 aliphatic heterocycles. The largest absolute Gasteiger partial charge is 0.484 e. The Balaban J connectivity index is 1.53. The molecule has 0 radical (unpaired) electrons. The quantitative estimate of drug-likeness (QED) is 0.855. The maximum absolute atomic E-state index is 12.8. The highest BCUT2D eigenvalue weighted by Gasteiger charge is 2.39. The summed E-state index contributed by atoms with van der Waals surface area (Å²) in [5.41, 5.74) is 0.490. The Labute approximate surface area is 160 Å². The summed E-state index contributed by atoms with van der Waals surface area (Å²) in [6.07, 6.45) is 1.59. The molecule has 0 aromatic heterocycles. The Kier molecular flexibility index (Phi) is 6.12. The molecule has 5 nitrogen and oxygen atoms in total. The van der Waals surface area contributed by atoms with E-state index in [2.05, 4.69) is 5.32 Å². The minimum absolute atomic E-state index is 0.00664. The number of carbonyl (C=O) groups excluding carboxylic acids is 2. The minimum atomic E-state index is -0.574. The van der Waals surface area contributed by atoms with Crippen molar-refractivity contribution in [1.82, 2.24) is 10.2 Å². The molecule has 0 aliphatic carbocycles. The molecule has 1 unspecified atom stereocenters. The SMILES string of the molecule is CC1(C(=O)NCc2ccccc2)CCCN(C(=O)COc2ccccc2)C1. The molecular formula is C22H26N2O3. The molecule has 0 bridgehead atoms. The normalized spacial score (nSPS) is 19.4. The van der Waals surface area contributed by atoms with Crippen LogP contribution in [0.4, 0.5) is 0 Å². The van der Waals surface area contributed by atoms with E-state index in [-0.39, 0.29) is 18.4 Å². The van der Waals surface area contributed by atoms with E-state index in [0.29, 0.717) is 25.4 Å². The van der Waals surface area contributed by atoms with E-state index in [1.165, 1.54) is 0 Å². The van der Waals surface area contributed by atoms with Gasteiger partial charge >= 0.3 is 0 Å². The van der Waals surface area contributed by atoms with Crippen LogP contribution in [0.1, 0.15) is 25.3 Å². The van der Waals surface area contributed by atoms with Gasteiger partial charge in [0.1, 0.15) is 5.75 Å². The second-order valence-electron chi connectivity index (χ2n) is 7.25. The van der Waals surface area contributed by atoms with Crippen LogP contribution in [0.15, 0.2) is 60.7 Å². The van der Waals surface area contributed by atoms with Crippen LogP contribution in [0, 0.1) is 5.41 Å². The van der Waals surface area contributed by atoms with E-state index < -0.39 is 5.41 Å². The number of ether oxygens (including phenoxy) is 1. The van der Waals surface area contributed by atoms with Crippen LogP contribution >= 0.6 is 0 Å². The van der Waals surface area contributed by atoms with E-state index in [1.807, 2.05) is 67.6 Å². The number of hydrogen-bond acceptors (Lipinski definition) is 3. The number of amides is 2. The van der Waals surface area contributed by atoms with Crippen molar-refractivity contribution in [3.8, 4) is 5.75 Å². The molecule has 1 aliphatic rings. The molecule has 1 heterocycles. The molecule has 1 fully saturated rings. The van der Waals surface area contributed by atoms with Gasteiger partial charge in [-0.25, -0.2) is 0 Å². The molecule has 142 valence electrons. The third kappa shape index (κ3) is 5.09. The van der Waals surface area contributed by atoms with Crippen LogP contribution in [-0.2, 0) is 16.1 Å². The van der Waals surface area contributed by atoms with Gasteiger partial charge in [-0.2, -0.15) is 0 Å². The second-order valence-corrected chi connectivity index (χ2v) is 7.25. The number of hydrogen-bond donors (Lipinski definition) is 1. The average Bonchev–Trinajstić information content (AvgIpc) is 2.71. The van der Waals surface area contributed by atoms with Gasteiger partial charge in [-0.1, -0.05) is 48.5 Å². The molecule has 1 saturated heterocycles. The van der Waals surface area contributed by atoms with E-state index in [0.717, 1.165) is 18.4 Å². The van der Waals surface area contributed by atoms with Crippen molar-refractivity contribution in [1.29, 1.82) is 0 Å². The predicted octanol–water partition coefficient (Wildman–Crippen LogP) is 3.01. The van der Waals surface area contributed by atoms with Crippen LogP contribution in [0.2, 0.25) is 0 Å². The van der Waals surface area contributed by atoms with Gasteiger partial charge in [0.2, 0.25) is 5.91 Å². The van der Waals surface area contributed by atoms with Gasteiger partial charge in [0.15, 0.2) is 6.61 Å². The standard InChI is InChI=1S/C22H26N2O3/c1-22(21(26)23-15-18-9-4-2-5-10-18)13-8-14-24(17-22)20(25)16-27-19-11-6-3-7-12-19/h2-7,9-12H,8,13-17H2,1H3,(H,23,26). The number of para-hydroxylation sites is 1. The second kappa shape index (κ2) is 8.71. The monoisotopic (exact) mass is 366 g/mol. The highest BCUT2D eigenvalue weighted by molar-refractivity contribution is 5.84. The minimum Gasteiger partial charge on any atom is -0.484 e. The van der Waals surface area contributed by atoms with Crippen molar-refractivity contribution < 1.29 is 14.3 Å². The van der Waals surface area contributed by atoms with Crippen molar-refractivity contribution in [2.45, 2.75) is 26.3 Å². The fourth-order valence-electron chi connectivity index (χ4n) is 3.38. The lowest BCUT2D eigenvalue weighted by atomic mass is 9.81. The van der Waals surface area contributed by atoms with E-state index in [4.69, 9.17) is 4.74 Å². The summed E-state index contributed by atoms with van der Waals surface area (Å²) in [6, 6.07) is 19.1. The molecule has 1 atom stereocenters. The summed E-state index contributed by atoms with van der Waals surface area (Å²) in [7, 11) is 0. The highest BCUT2D eigenvalue weighted by atomic mass is 16.5. The van der Waals surface area contributed by atoms with Crippen LogP contribution in [0.3, 0.4) is 0 Å². The Morgan fingerprint density at radius 2 is 1.74 bits per heavy atom. The van der Waals surface area contributed by atoms with Crippen LogP contribution in [-0.4, -0.2) is 36.4 Å². The molecular weight excluding hydrogens is 340 g/mol. The molecule has 2 amide bonds. The summed E-state index contributed by atoms with van der Waals surface area (Å²) < 4.78 is 5.56. The molecule has 2 aromatic rings. The van der Waals surface area contributed by atoms with Crippen molar-refractivity contribution >= 4 is 11.8 Å². The van der Waals surface area contributed by atoms with Crippen molar-refractivity contribution in [3.63, 3.8) is 0 Å². The predicted molar refractivity (Wildman–Crippen MR) is 104 cm³/mol. The van der Waals surface area contributed by atoms with E-state index in [9.17, 15) is 9.59 Å². The van der Waals surface area contributed by atoms with Gasteiger partial charge in [0.05, 0.1) is 5.41 Å². The third-order valence-electron chi connectivity index (χ3n) is 5.00. The van der Waals surface area contributed by atoms with Crippen LogP contribution < -0.4 is 10.1 Å². The molecule has 27 heavy (non-hydrogen) atoms. The zero-order chi connectivity index (χ0) is 19.1. The lowest BCUT2D eigenvalue weighted by Gasteiger charge is -2.39. The van der Waals surface area contributed by atoms with Gasteiger partial charge in [0, 0.05) is 19.6 Å². The number of benzene rings is 2. The maximum Gasteiger partial charge on any atom is 0.260 e. The summed E-state index contributed by atoms with van der Waals surface area (Å²) in [4.78, 5) is 27.0. The number of likely N-dealkylation sites (tertiary alicyclic amines) is 1. The molecule has 1 N–H and O–H groups in total. The fraction of sp³-hybridized carbons (Fsp3) is 0.364. The van der Waals surface area contributed by atoms with Gasteiger partial charge in [-0.3, -0.25) is 9.59 Å². The first-order valence-electron chi connectivity index (χ1n) is 9.35. The first-order valence-corrected chi connectivity index (χ1v) is 9.35. The smallest absolute Gasteiger partial charge is 0.260 e. The highest BCUT2D eigenvalue weighted by Crippen LogP contribution is 2.30. The molecule has 5 heteroatoms. The first kappa shape index (κ1) is 19.0. The number of carbonyl (C=O) groups is 2. The van der Waals surface area contributed by atoms with Gasteiger partial charge in [-0.05, 0) is 37.5 Å². The summed E-state index contributed by atoms with van der Waals surface area (Å²) in [6.45, 7) is 3.51. The van der Waals surface area contributed by atoms with E-state index in [1.54, 1.807) is 4.90 Å². The number of nitrogens with zero attached hydrogens (tertiary/aromatic N) is 1. The van der Waals surface area contributed by atoms with Crippen molar-refractivity contribution in [3.05, 3.63) is 66.2 Å². The van der Waals surface area contributed by atoms with E-state index >= 15 is 0 Å². The Morgan fingerprint density at radius 3 is 2.44 bits per heavy atom. The maximum atomic E-state index is 12.8. The Morgan fingerprint density at radius 1 is 1.07 bits per heavy atom. The summed E-state index contributed by atoms with van der Waals surface area (Å²) >= 11 is 0. The lowest BCUT2D eigenvalue weighted by Crippen LogP contribution is -2.52. The zero-order valence-corrected chi connectivity index (χ0v) is 15.7. The number of rotatable bonds is 6. The fourth-order valence-corrected chi connectivity index (χ4v) is 3.38. The van der Waals surface area contributed by atoms with Gasteiger partial charge < -0.3 is 15.0 Å². The first-order chi connectivity index (χ1) is 13.1. The molecule has 0 saturated carbocycles. The third-order valence-corrected chi connectivity index (χ3v) is 5.00. The summed E-state index contributed by atoms with van der Waals surface area (Å²) in [5, 5.41) is 3.02.